The second kappa shape index (κ2) is 5.21. The molecule has 1 saturated carbocycles. The lowest BCUT2D eigenvalue weighted by Gasteiger charge is -2.39. The molecule has 4 heteroatoms. The van der Waals surface area contributed by atoms with Crippen LogP contribution in [0.5, 0.6) is 0 Å². The first-order valence-corrected chi connectivity index (χ1v) is 6.81. The van der Waals surface area contributed by atoms with Gasteiger partial charge < -0.3 is 5.32 Å². The van der Waals surface area contributed by atoms with Crippen molar-refractivity contribution in [3.05, 3.63) is 18.1 Å². The molecular formula is C13H20ClN3. The highest BCUT2D eigenvalue weighted by Gasteiger charge is 2.33. The fraction of sp³-hybridized carbons (Fsp3) is 0.692. The molecule has 0 amide bonds. The summed E-state index contributed by atoms with van der Waals surface area (Å²) >= 11 is 6.17. The van der Waals surface area contributed by atoms with Gasteiger partial charge in [0.15, 0.2) is 0 Å². The molecule has 0 unspecified atom stereocenters. The van der Waals surface area contributed by atoms with E-state index in [1.165, 1.54) is 12.8 Å². The zero-order valence-electron chi connectivity index (χ0n) is 10.5. The summed E-state index contributed by atoms with van der Waals surface area (Å²) in [7, 11) is 0. The van der Waals surface area contributed by atoms with Crippen molar-refractivity contribution >= 4 is 17.4 Å². The number of hydrogen-bond acceptors (Lipinski definition) is 3. The quantitative estimate of drug-likeness (QED) is 0.840. The fourth-order valence-corrected chi connectivity index (χ4v) is 2.74. The van der Waals surface area contributed by atoms with Crippen LogP contribution in [-0.4, -0.2) is 21.4 Å². The van der Waals surface area contributed by atoms with E-state index >= 15 is 0 Å². The van der Waals surface area contributed by atoms with Crippen LogP contribution in [0.15, 0.2) is 12.3 Å². The highest BCUT2D eigenvalue weighted by atomic mass is 35.5. The highest BCUT2D eigenvalue weighted by Crippen LogP contribution is 2.35. The molecule has 0 saturated heterocycles. The van der Waals surface area contributed by atoms with Crippen LogP contribution >= 0.6 is 11.6 Å². The van der Waals surface area contributed by atoms with Gasteiger partial charge in [-0.1, -0.05) is 6.92 Å². The molecule has 1 aliphatic carbocycles. The number of nitrogens with one attached hydrogen (secondary N) is 1. The number of hydrogen-bond donors (Lipinski definition) is 1. The van der Waals surface area contributed by atoms with Gasteiger partial charge >= 0.3 is 0 Å². The number of alkyl halides is 1. The van der Waals surface area contributed by atoms with Crippen LogP contribution < -0.4 is 5.32 Å². The smallest absolute Gasteiger partial charge is 0.130 e. The number of nitrogens with zero attached hydrogens (tertiary/aromatic N) is 2. The molecular weight excluding hydrogens is 234 g/mol. The molecule has 2 rings (SSSR count). The van der Waals surface area contributed by atoms with E-state index in [4.69, 9.17) is 11.6 Å². The molecule has 94 valence electrons. The normalized spacial score (nSPS) is 29.0. The van der Waals surface area contributed by atoms with E-state index in [1.54, 1.807) is 6.20 Å². The number of rotatable bonds is 3. The van der Waals surface area contributed by atoms with Crippen LogP contribution in [-0.2, 0) is 0 Å². The van der Waals surface area contributed by atoms with E-state index in [1.807, 2.05) is 13.0 Å². The summed E-state index contributed by atoms with van der Waals surface area (Å²) in [5.74, 6) is 3.15. The van der Waals surface area contributed by atoms with E-state index in [2.05, 4.69) is 22.2 Å². The highest BCUT2D eigenvalue weighted by molar-refractivity contribution is 6.18. The van der Waals surface area contributed by atoms with Gasteiger partial charge in [0.05, 0.1) is 5.54 Å². The van der Waals surface area contributed by atoms with Crippen LogP contribution in [0.4, 0.5) is 5.82 Å². The predicted molar refractivity (Wildman–Crippen MR) is 71.5 cm³/mol. The molecule has 0 radical (unpaired) electrons. The Hall–Kier alpha value is -0.830. The molecule has 1 N–H and O–H groups in total. The first-order chi connectivity index (χ1) is 8.13. The molecule has 0 aliphatic heterocycles. The van der Waals surface area contributed by atoms with Crippen molar-refractivity contribution in [1.29, 1.82) is 0 Å². The molecule has 0 bridgehead atoms. The summed E-state index contributed by atoms with van der Waals surface area (Å²) in [5.41, 5.74) is 0.0227. The topological polar surface area (TPSA) is 37.8 Å². The monoisotopic (exact) mass is 253 g/mol. The molecule has 0 spiro atoms. The van der Waals surface area contributed by atoms with E-state index < -0.39 is 0 Å². The lowest BCUT2D eigenvalue weighted by atomic mass is 9.78. The van der Waals surface area contributed by atoms with Gasteiger partial charge in [-0.15, -0.1) is 11.6 Å². The zero-order chi connectivity index (χ0) is 12.3. The number of aryl methyl sites for hydroxylation is 1. The van der Waals surface area contributed by atoms with Crippen molar-refractivity contribution < 1.29 is 0 Å². The van der Waals surface area contributed by atoms with Gasteiger partial charge in [0.1, 0.15) is 11.6 Å². The molecule has 0 atom stereocenters. The average molecular weight is 254 g/mol. The first kappa shape index (κ1) is 12.6. The Labute approximate surface area is 108 Å². The van der Waals surface area contributed by atoms with Crippen molar-refractivity contribution in [2.24, 2.45) is 5.92 Å². The standard InChI is InChI=1S/C13H20ClN3/c1-10-3-6-13(9-14,7-4-10)17-12-5-8-15-11(2)16-12/h5,8,10H,3-4,6-7,9H2,1-2H3,(H,15,16,17). The van der Waals surface area contributed by atoms with Crippen molar-refractivity contribution in [1.82, 2.24) is 9.97 Å². The second-order valence-corrected chi connectivity index (χ2v) is 5.48. The van der Waals surface area contributed by atoms with E-state index in [9.17, 15) is 0 Å². The van der Waals surface area contributed by atoms with Crippen molar-refractivity contribution in [2.75, 3.05) is 11.2 Å². The van der Waals surface area contributed by atoms with E-state index in [0.29, 0.717) is 5.88 Å². The molecule has 1 aromatic rings. The first-order valence-electron chi connectivity index (χ1n) is 6.27. The van der Waals surface area contributed by atoms with Gasteiger partial charge in [0.2, 0.25) is 0 Å². The Morgan fingerprint density at radius 1 is 1.47 bits per heavy atom. The maximum Gasteiger partial charge on any atom is 0.130 e. The minimum absolute atomic E-state index is 0.0227. The molecule has 1 heterocycles. The third kappa shape index (κ3) is 3.09. The van der Waals surface area contributed by atoms with E-state index in [0.717, 1.165) is 30.4 Å². The summed E-state index contributed by atoms with van der Waals surface area (Å²) in [5, 5.41) is 3.52. The van der Waals surface area contributed by atoms with E-state index in [-0.39, 0.29) is 5.54 Å². The van der Waals surface area contributed by atoms with Gasteiger partial charge in [-0.2, -0.15) is 0 Å². The number of anilines is 1. The van der Waals surface area contributed by atoms with Crippen LogP contribution in [0.1, 0.15) is 38.4 Å². The molecule has 17 heavy (non-hydrogen) atoms. The van der Waals surface area contributed by atoms with Gasteiger partial charge in [0.25, 0.3) is 0 Å². The maximum absolute atomic E-state index is 6.17. The molecule has 3 nitrogen and oxygen atoms in total. The van der Waals surface area contributed by atoms with Gasteiger partial charge in [0, 0.05) is 12.1 Å². The van der Waals surface area contributed by atoms with Crippen LogP contribution in [0.25, 0.3) is 0 Å². The summed E-state index contributed by atoms with van der Waals surface area (Å²) in [6.07, 6.45) is 6.52. The molecule has 1 aromatic heterocycles. The van der Waals surface area contributed by atoms with Gasteiger partial charge in [-0.3, -0.25) is 0 Å². The molecule has 1 aliphatic rings. The van der Waals surface area contributed by atoms with Crippen molar-refractivity contribution in [3.8, 4) is 0 Å². The third-order valence-corrected chi connectivity index (χ3v) is 4.17. The Morgan fingerprint density at radius 2 is 2.18 bits per heavy atom. The van der Waals surface area contributed by atoms with Crippen LogP contribution in [0, 0.1) is 12.8 Å². The Balaban J connectivity index is 2.09. The Bertz CT molecular complexity index is 373. The summed E-state index contributed by atoms with van der Waals surface area (Å²) in [6.45, 7) is 4.22. The van der Waals surface area contributed by atoms with Crippen molar-refractivity contribution in [2.45, 2.75) is 45.1 Å². The minimum atomic E-state index is 0.0227. The SMILES string of the molecule is Cc1nccc(NC2(CCl)CCC(C)CC2)n1. The maximum atomic E-state index is 6.17. The summed E-state index contributed by atoms with van der Waals surface area (Å²) < 4.78 is 0. The largest absolute Gasteiger partial charge is 0.363 e. The molecule has 0 aromatic carbocycles. The van der Waals surface area contributed by atoms with Gasteiger partial charge in [-0.25, -0.2) is 9.97 Å². The fourth-order valence-electron chi connectivity index (χ4n) is 2.40. The molecule has 1 fully saturated rings. The lowest BCUT2D eigenvalue weighted by Crippen LogP contribution is -2.43. The predicted octanol–water partition coefficient (Wildman–Crippen LogP) is 3.38. The Morgan fingerprint density at radius 3 is 2.76 bits per heavy atom. The lowest BCUT2D eigenvalue weighted by molar-refractivity contribution is 0.286. The minimum Gasteiger partial charge on any atom is -0.363 e. The average Bonchev–Trinajstić information content (AvgIpc) is 2.33. The van der Waals surface area contributed by atoms with Crippen LogP contribution in [0.2, 0.25) is 0 Å². The summed E-state index contributed by atoms with van der Waals surface area (Å²) in [4.78, 5) is 8.51. The van der Waals surface area contributed by atoms with Crippen molar-refractivity contribution in [3.63, 3.8) is 0 Å². The number of aromatic nitrogens is 2. The number of halogens is 1. The van der Waals surface area contributed by atoms with Gasteiger partial charge in [-0.05, 0) is 44.6 Å². The second-order valence-electron chi connectivity index (χ2n) is 5.21. The van der Waals surface area contributed by atoms with Crippen LogP contribution in [0.3, 0.4) is 0 Å². The summed E-state index contributed by atoms with van der Waals surface area (Å²) in [6, 6.07) is 1.92. The Kier molecular flexibility index (Phi) is 3.87. The zero-order valence-corrected chi connectivity index (χ0v) is 11.3. The third-order valence-electron chi connectivity index (χ3n) is 3.66.